The quantitative estimate of drug-likeness (QED) is 0.852. The molecule has 2 atom stereocenters. The normalized spacial score (nSPS) is 18.6. The average molecular weight is 336 g/mol. The van der Waals surface area contributed by atoms with Gasteiger partial charge in [0.2, 0.25) is 5.91 Å². The smallest absolute Gasteiger partial charge is 0.232 e. The van der Waals surface area contributed by atoms with Gasteiger partial charge in [0.1, 0.15) is 5.75 Å². The summed E-state index contributed by atoms with van der Waals surface area (Å²) in [6.07, 6.45) is 6.60. The maximum atomic E-state index is 12.4. The van der Waals surface area contributed by atoms with Crippen molar-refractivity contribution in [3.63, 3.8) is 0 Å². The molecule has 1 aromatic carbocycles. The molecule has 0 saturated heterocycles. The van der Waals surface area contributed by atoms with Crippen LogP contribution < -0.4 is 5.32 Å². The molecule has 0 radical (unpaired) electrons. The van der Waals surface area contributed by atoms with Crippen molar-refractivity contribution in [1.82, 2.24) is 5.32 Å². The van der Waals surface area contributed by atoms with Gasteiger partial charge >= 0.3 is 0 Å². The van der Waals surface area contributed by atoms with Gasteiger partial charge in [0.25, 0.3) is 0 Å². The summed E-state index contributed by atoms with van der Waals surface area (Å²) in [4.78, 5) is 11.8. The molecule has 4 heteroatoms. The molecule has 0 spiro atoms. The molecule has 0 bridgehead atoms. The van der Waals surface area contributed by atoms with Crippen molar-refractivity contribution in [1.29, 1.82) is 0 Å². The maximum Gasteiger partial charge on any atom is 0.232 e. The number of hydrogen-bond acceptors (Lipinski definition) is 2. The molecule has 1 fully saturated rings. The van der Waals surface area contributed by atoms with Crippen LogP contribution in [-0.2, 0) is 15.6 Å². The zero-order valence-electron chi connectivity index (χ0n) is 14.5. The fourth-order valence-electron chi connectivity index (χ4n) is 3.24. The van der Waals surface area contributed by atoms with Crippen LogP contribution >= 0.6 is 0 Å². The van der Waals surface area contributed by atoms with Crippen LogP contribution in [0.5, 0.6) is 0 Å². The van der Waals surface area contributed by atoms with E-state index in [-0.39, 0.29) is 23.0 Å². The minimum atomic E-state index is -1.19. The molecule has 128 valence electrons. The summed E-state index contributed by atoms with van der Waals surface area (Å²) in [6, 6.07) is 8.64. The molecule has 1 aromatic rings. The van der Waals surface area contributed by atoms with Gasteiger partial charge in [-0.05, 0) is 50.7 Å². The van der Waals surface area contributed by atoms with Crippen molar-refractivity contribution < 1.29 is 9.00 Å². The second kappa shape index (κ2) is 8.62. The van der Waals surface area contributed by atoms with Crippen molar-refractivity contribution in [2.24, 2.45) is 0 Å². The summed E-state index contributed by atoms with van der Waals surface area (Å²) in [5, 5.41) is 2.68. The molecule has 0 heterocycles. The van der Waals surface area contributed by atoms with E-state index in [2.05, 4.69) is 29.6 Å². The summed E-state index contributed by atoms with van der Waals surface area (Å²) in [5.74, 6) is 0.628. The number of carbonyl (C=O) groups is 1. The van der Waals surface area contributed by atoms with E-state index in [1.165, 1.54) is 37.7 Å². The lowest BCUT2D eigenvalue weighted by atomic mass is 9.84. The molecule has 1 aliphatic rings. The zero-order chi connectivity index (χ0) is 16.8. The summed E-state index contributed by atoms with van der Waals surface area (Å²) in [6.45, 7) is 5.76. The lowest BCUT2D eigenvalue weighted by Gasteiger charge is -2.22. The van der Waals surface area contributed by atoms with Crippen molar-refractivity contribution in [3.05, 3.63) is 35.4 Å². The Kier molecular flexibility index (Phi) is 6.82. The van der Waals surface area contributed by atoms with E-state index in [4.69, 9.17) is 0 Å². The molecule has 1 aliphatic carbocycles. The van der Waals surface area contributed by atoms with Crippen LogP contribution in [-0.4, -0.2) is 21.9 Å². The highest BCUT2D eigenvalue weighted by molar-refractivity contribution is 7.86. The number of benzene rings is 1. The minimum Gasteiger partial charge on any atom is -0.353 e. The van der Waals surface area contributed by atoms with Gasteiger partial charge in [-0.2, -0.15) is 0 Å². The first-order valence-electron chi connectivity index (χ1n) is 8.73. The first kappa shape index (κ1) is 18.2. The monoisotopic (exact) mass is 335 g/mol. The fourth-order valence-corrected chi connectivity index (χ4v) is 4.30. The third-order valence-electron chi connectivity index (χ3n) is 4.60. The Morgan fingerprint density at radius 1 is 1.13 bits per heavy atom. The van der Waals surface area contributed by atoms with Crippen molar-refractivity contribution >= 4 is 16.7 Å². The van der Waals surface area contributed by atoms with Crippen LogP contribution in [0.4, 0.5) is 0 Å². The SMILES string of the molecule is CC(C)NC(=O)CS(=O)C(C)c1ccc(C2CCCCC2)cc1. The van der Waals surface area contributed by atoms with Gasteiger partial charge in [0.15, 0.2) is 0 Å². The highest BCUT2D eigenvalue weighted by atomic mass is 32.2. The van der Waals surface area contributed by atoms with Gasteiger partial charge in [0, 0.05) is 16.8 Å². The van der Waals surface area contributed by atoms with Gasteiger partial charge in [-0.1, -0.05) is 43.5 Å². The van der Waals surface area contributed by atoms with Crippen molar-refractivity contribution in [2.75, 3.05) is 5.75 Å². The van der Waals surface area contributed by atoms with Crippen LogP contribution in [0.2, 0.25) is 0 Å². The molecular formula is C19H29NO2S. The van der Waals surface area contributed by atoms with Crippen LogP contribution in [0.3, 0.4) is 0 Å². The summed E-state index contributed by atoms with van der Waals surface area (Å²) in [5.41, 5.74) is 2.46. The number of nitrogens with one attached hydrogen (secondary N) is 1. The Hall–Kier alpha value is -1.16. The average Bonchev–Trinajstić information content (AvgIpc) is 2.54. The van der Waals surface area contributed by atoms with E-state index in [1.54, 1.807) is 0 Å². The van der Waals surface area contributed by atoms with Gasteiger partial charge in [0.05, 0.1) is 5.25 Å². The predicted molar refractivity (Wildman–Crippen MR) is 97.0 cm³/mol. The van der Waals surface area contributed by atoms with Crippen molar-refractivity contribution in [3.8, 4) is 0 Å². The van der Waals surface area contributed by atoms with Gasteiger partial charge in [-0.25, -0.2) is 0 Å². The van der Waals surface area contributed by atoms with Crippen LogP contribution in [0.15, 0.2) is 24.3 Å². The largest absolute Gasteiger partial charge is 0.353 e. The van der Waals surface area contributed by atoms with Crippen molar-refractivity contribution in [2.45, 2.75) is 70.1 Å². The van der Waals surface area contributed by atoms with Gasteiger partial charge in [-0.3, -0.25) is 9.00 Å². The van der Waals surface area contributed by atoms with Crippen LogP contribution in [0, 0.1) is 0 Å². The molecule has 1 N–H and O–H groups in total. The highest BCUT2D eigenvalue weighted by Crippen LogP contribution is 2.33. The van der Waals surface area contributed by atoms with Gasteiger partial charge < -0.3 is 5.32 Å². The Labute approximate surface area is 142 Å². The summed E-state index contributed by atoms with van der Waals surface area (Å²) in [7, 11) is -1.19. The molecule has 23 heavy (non-hydrogen) atoms. The lowest BCUT2D eigenvalue weighted by Crippen LogP contribution is -2.34. The van der Waals surface area contributed by atoms with E-state index >= 15 is 0 Å². The molecule has 0 aromatic heterocycles. The number of rotatable bonds is 6. The third kappa shape index (κ3) is 5.45. The Bertz CT molecular complexity index is 533. The van der Waals surface area contributed by atoms with Crippen LogP contribution in [0.1, 0.15) is 75.2 Å². The van der Waals surface area contributed by atoms with E-state index in [0.717, 1.165) is 5.56 Å². The number of amides is 1. The standard InChI is InChI=1S/C19H29NO2S/c1-14(2)20-19(21)13-23(22)15(3)16-9-11-18(12-10-16)17-7-5-4-6-8-17/h9-12,14-15,17H,4-8,13H2,1-3H3,(H,20,21). The van der Waals surface area contributed by atoms with E-state index in [9.17, 15) is 9.00 Å². The Morgan fingerprint density at radius 2 is 1.74 bits per heavy atom. The molecular weight excluding hydrogens is 306 g/mol. The predicted octanol–water partition coefficient (Wildman–Crippen LogP) is 4.07. The first-order chi connectivity index (χ1) is 11.0. The fraction of sp³-hybridized carbons (Fsp3) is 0.632. The molecule has 3 nitrogen and oxygen atoms in total. The van der Waals surface area contributed by atoms with E-state index < -0.39 is 10.8 Å². The highest BCUT2D eigenvalue weighted by Gasteiger charge is 2.19. The van der Waals surface area contributed by atoms with Gasteiger partial charge in [-0.15, -0.1) is 0 Å². The summed E-state index contributed by atoms with van der Waals surface area (Å²) < 4.78 is 12.4. The zero-order valence-corrected chi connectivity index (χ0v) is 15.3. The molecule has 2 unspecified atom stereocenters. The second-order valence-electron chi connectivity index (χ2n) is 6.89. The topological polar surface area (TPSA) is 46.2 Å². The van der Waals surface area contributed by atoms with E-state index in [1.807, 2.05) is 20.8 Å². The first-order valence-corrected chi connectivity index (χ1v) is 10.1. The maximum absolute atomic E-state index is 12.4. The molecule has 1 saturated carbocycles. The Balaban J connectivity index is 1.95. The third-order valence-corrected chi connectivity index (χ3v) is 6.21. The molecule has 0 aliphatic heterocycles. The Morgan fingerprint density at radius 3 is 2.30 bits per heavy atom. The number of hydrogen-bond donors (Lipinski definition) is 1. The summed E-state index contributed by atoms with van der Waals surface area (Å²) >= 11 is 0. The minimum absolute atomic E-state index is 0.0731. The lowest BCUT2D eigenvalue weighted by molar-refractivity contribution is -0.119. The molecule has 1 amide bonds. The van der Waals surface area contributed by atoms with Crippen LogP contribution in [0.25, 0.3) is 0 Å². The second-order valence-corrected chi connectivity index (χ2v) is 8.65. The number of carbonyl (C=O) groups excluding carboxylic acids is 1. The molecule has 2 rings (SSSR count). The van der Waals surface area contributed by atoms with E-state index in [0.29, 0.717) is 5.92 Å².